The molecule has 5 nitrogen and oxygen atoms in total. The average molecular weight is 393 g/mol. The van der Waals surface area contributed by atoms with Crippen LogP contribution >= 0.6 is 0 Å². The van der Waals surface area contributed by atoms with Crippen LogP contribution in [0.25, 0.3) is 0 Å². The number of nitrogens with zero attached hydrogens (tertiary/aromatic N) is 2. The topological polar surface area (TPSA) is 76.4 Å². The van der Waals surface area contributed by atoms with Crippen molar-refractivity contribution in [2.24, 2.45) is 0 Å². The second kappa shape index (κ2) is 7.48. The Morgan fingerprint density at radius 3 is 2.75 bits per heavy atom. The molecule has 0 aromatic heterocycles. The number of aliphatic hydroxyl groups is 1. The smallest absolute Gasteiger partial charge is 0.381 e. The number of rotatable bonds is 4. The van der Waals surface area contributed by atoms with E-state index < -0.39 is 29.3 Å². The molecule has 0 unspecified atom stereocenters. The van der Waals surface area contributed by atoms with Gasteiger partial charge in [0.2, 0.25) is 0 Å². The molecule has 0 saturated carbocycles. The third kappa shape index (κ3) is 3.92. The van der Waals surface area contributed by atoms with Gasteiger partial charge in [0, 0.05) is 23.5 Å². The summed E-state index contributed by atoms with van der Waals surface area (Å²) in [7, 11) is 0. The molecule has 1 atom stereocenters. The average Bonchev–Trinajstić information content (AvgIpc) is 3.05. The SMILES string of the molecule is N#Cc1ccc(NC(=O)[C@@H](O)CN2CCc3c(F)cccc32)cc1C(F)(F)F. The van der Waals surface area contributed by atoms with Gasteiger partial charge >= 0.3 is 6.18 Å². The summed E-state index contributed by atoms with van der Waals surface area (Å²) >= 11 is 0. The summed E-state index contributed by atoms with van der Waals surface area (Å²) in [5, 5.41) is 21.2. The van der Waals surface area contributed by atoms with E-state index in [0.717, 1.165) is 12.1 Å². The van der Waals surface area contributed by atoms with Gasteiger partial charge in [0.05, 0.1) is 23.7 Å². The largest absolute Gasteiger partial charge is 0.417 e. The Kier molecular flexibility index (Phi) is 5.25. The fourth-order valence-corrected chi connectivity index (χ4v) is 3.12. The maximum atomic E-state index is 13.8. The molecule has 2 aromatic carbocycles. The Balaban J connectivity index is 1.71. The normalized spacial score (nSPS) is 14.4. The lowest BCUT2D eigenvalue weighted by Crippen LogP contribution is -2.39. The second-order valence-corrected chi connectivity index (χ2v) is 6.31. The highest BCUT2D eigenvalue weighted by Crippen LogP contribution is 2.34. The zero-order chi connectivity index (χ0) is 20.5. The highest BCUT2D eigenvalue weighted by atomic mass is 19.4. The monoisotopic (exact) mass is 393 g/mol. The van der Waals surface area contributed by atoms with Gasteiger partial charge in [0.25, 0.3) is 5.91 Å². The second-order valence-electron chi connectivity index (χ2n) is 6.31. The van der Waals surface area contributed by atoms with E-state index in [1.165, 1.54) is 18.2 Å². The molecule has 146 valence electrons. The van der Waals surface area contributed by atoms with Gasteiger partial charge in [0.15, 0.2) is 6.10 Å². The Labute approximate surface area is 157 Å². The predicted octanol–water partition coefficient (Wildman–Crippen LogP) is 3.08. The zero-order valence-electron chi connectivity index (χ0n) is 14.4. The molecule has 0 spiro atoms. The van der Waals surface area contributed by atoms with Crippen LogP contribution in [0.4, 0.5) is 28.9 Å². The molecule has 0 aliphatic carbocycles. The van der Waals surface area contributed by atoms with Crippen molar-refractivity contribution < 1.29 is 27.5 Å². The van der Waals surface area contributed by atoms with Crippen LogP contribution < -0.4 is 10.2 Å². The maximum absolute atomic E-state index is 13.8. The number of nitriles is 1. The van der Waals surface area contributed by atoms with Crippen molar-refractivity contribution in [2.45, 2.75) is 18.7 Å². The fraction of sp³-hybridized carbons (Fsp3) is 0.263. The third-order valence-corrected chi connectivity index (χ3v) is 4.48. The van der Waals surface area contributed by atoms with E-state index in [9.17, 15) is 27.5 Å². The molecule has 2 N–H and O–H groups in total. The minimum atomic E-state index is -4.76. The number of carbonyl (C=O) groups is 1. The number of amides is 1. The minimum absolute atomic E-state index is 0.134. The van der Waals surface area contributed by atoms with E-state index in [4.69, 9.17) is 5.26 Å². The molecular weight excluding hydrogens is 378 g/mol. The number of anilines is 2. The van der Waals surface area contributed by atoms with E-state index in [0.29, 0.717) is 30.3 Å². The third-order valence-electron chi connectivity index (χ3n) is 4.48. The Morgan fingerprint density at radius 2 is 2.07 bits per heavy atom. The van der Waals surface area contributed by atoms with Gasteiger partial charge in [-0.05, 0) is 36.8 Å². The first kappa shape index (κ1) is 19.6. The van der Waals surface area contributed by atoms with Crippen molar-refractivity contribution in [2.75, 3.05) is 23.3 Å². The molecule has 0 saturated heterocycles. The molecule has 28 heavy (non-hydrogen) atoms. The first-order valence-corrected chi connectivity index (χ1v) is 8.33. The lowest BCUT2D eigenvalue weighted by atomic mass is 10.1. The number of carbonyl (C=O) groups excluding carboxylic acids is 1. The van der Waals surface area contributed by atoms with Crippen LogP contribution in [-0.2, 0) is 17.4 Å². The molecule has 0 radical (unpaired) electrons. The molecular formula is C19H15F4N3O2. The standard InChI is InChI=1S/C19H15F4N3O2/c20-15-2-1-3-16-13(15)6-7-26(16)10-17(27)18(28)25-12-5-4-11(9-24)14(8-12)19(21,22)23/h1-5,8,17,27H,6-7,10H2,(H,25,28)/t17-/m0/s1. The number of benzene rings is 2. The lowest BCUT2D eigenvalue weighted by Gasteiger charge is -2.22. The minimum Gasteiger partial charge on any atom is -0.381 e. The molecule has 1 amide bonds. The van der Waals surface area contributed by atoms with Crippen molar-refractivity contribution in [1.82, 2.24) is 0 Å². The van der Waals surface area contributed by atoms with Gasteiger partial charge in [-0.1, -0.05) is 6.07 Å². The summed E-state index contributed by atoms with van der Waals surface area (Å²) in [6.45, 7) is 0.278. The Hall–Kier alpha value is -3.12. The summed E-state index contributed by atoms with van der Waals surface area (Å²) in [4.78, 5) is 13.8. The van der Waals surface area contributed by atoms with Gasteiger partial charge in [-0.15, -0.1) is 0 Å². The van der Waals surface area contributed by atoms with E-state index in [1.54, 1.807) is 11.0 Å². The number of alkyl halides is 3. The summed E-state index contributed by atoms with van der Waals surface area (Å²) in [5.41, 5.74) is -0.863. The molecule has 9 heteroatoms. The number of halogens is 4. The molecule has 0 bridgehead atoms. The predicted molar refractivity (Wildman–Crippen MR) is 93.1 cm³/mol. The molecule has 0 fully saturated rings. The quantitative estimate of drug-likeness (QED) is 0.783. The number of β-amino-alcohol motifs (C(OH)–C–C–N with tert-alkyl or cyclic N) is 1. The van der Waals surface area contributed by atoms with E-state index in [1.807, 2.05) is 0 Å². The Bertz CT molecular complexity index is 953. The molecule has 1 aliphatic rings. The summed E-state index contributed by atoms with van der Waals surface area (Å²) in [6.07, 6.45) is -5.87. The zero-order valence-corrected chi connectivity index (χ0v) is 14.4. The maximum Gasteiger partial charge on any atom is 0.417 e. The van der Waals surface area contributed by atoms with Crippen LogP contribution in [0.1, 0.15) is 16.7 Å². The number of hydrogen-bond acceptors (Lipinski definition) is 4. The van der Waals surface area contributed by atoms with Crippen LogP contribution in [0.3, 0.4) is 0 Å². The lowest BCUT2D eigenvalue weighted by molar-refractivity contribution is -0.137. The van der Waals surface area contributed by atoms with Crippen molar-refractivity contribution in [3.05, 3.63) is 58.9 Å². The van der Waals surface area contributed by atoms with Crippen LogP contribution in [0, 0.1) is 17.1 Å². The van der Waals surface area contributed by atoms with Crippen LogP contribution in [0.15, 0.2) is 36.4 Å². The van der Waals surface area contributed by atoms with Crippen molar-refractivity contribution in [1.29, 1.82) is 5.26 Å². The highest BCUT2D eigenvalue weighted by Gasteiger charge is 2.34. The van der Waals surface area contributed by atoms with Crippen LogP contribution in [0.2, 0.25) is 0 Å². The molecule has 2 aromatic rings. The summed E-state index contributed by atoms with van der Waals surface area (Å²) in [5.74, 6) is -1.26. The summed E-state index contributed by atoms with van der Waals surface area (Å²) in [6, 6.07) is 8.71. The first-order valence-electron chi connectivity index (χ1n) is 8.33. The number of hydrogen-bond donors (Lipinski definition) is 2. The van der Waals surface area contributed by atoms with Crippen molar-refractivity contribution in [3.8, 4) is 6.07 Å². The van der Waals surface area contributed by atoms with Crippen molar-refractivity contribution >= 4 is 17.3 Å². The van der Waals surface area contributed by atoms with E-state index in [-0.39, 0.29) is 18.0 Å². The van der Waals surface area contributed by atoms with E-state index in [2.05, 4.69) is 5.32 Å². The van der Waals surface area contributed by atoms with E-state index >= 15 is 0 Å². The van der Waals surface area contributed by atoms with Gasteiger partial charge in [0.1, 0.15) is 5.82 Å². The van der Waals surface area contributed by atoms with Gasteiger partial charge in [-0.25, -0.2) is 4.39 Å². The van der Waals surface area contributed by atoms with Crippen molar-refractivity contribution in [3.63, 3.8) is 0 Å². The van der Waals surface area contributed by atoms with Gasteiger partial charge in [-0.3, -0.25) is 4.79 Å². The molecule has 1 aliphatic heterocycles. The van der Waals surface area contributed by atoms with Gasteiger partial charge < -0.3 is 15.3 Å². The Morgan fingerprint density at radius 1 is 1.32 bits per heavy atom. The number of fused-ring (bicyclic) bond motifs is 1. The molecule has 1 heterocycles. The van der Waals surface area contributed by atoms with Gasteiger partial charge in [-0.2, -0.15) is 18.4 Å². The molecule has 3 rings (SSSR count). The highest BCUT2D eigenvalue weighted by molar-refractivity contribution is 5.94. The fourth-order valence-electron chi connectivity index (χ4n) is 3.12. The number of nitrogens with one attached hydrogen (secondary N) is 1. The number of aliphatic hydroxyl groups excluding tert-OH is 1. The summed E-state index contributed by atoms with van der Waals surface area (Å²) < 4.78 is 52.8. The first-order chi connectivity index (χ1) is 13.2. The van der Waals surface area contributed by atoms with Crippen LogP contribution in [-0.4, -0.2) is 30.2 Å². The van der Waals surface area contributed by atoms with Crippen LogP contribution in [0.5, 0.6) is 0 Å².